The van der Waals surface area contributed by atoms with Crippen LogP contribution in [0.5, 0.6) is 0 Å². The molecule has 0 bridgehead atoms. The third-order valence-corrected chi connectivity index (χ3v) is 4.20. The first-order valence-electron chi connectivity index (χ1n) is 7.25. The number of hydrogen-bond donors (Lipinski definition) is 2. The molecule has 0 spiro atoms. The van der Waals surface area contributed by atoms with E-state index in [1.807, 2.05) is 0 Å². The molecule has 0 amide bonds. The Balaban J connectivity index is 2.79. The van der Waals surface area contributed by atoms with Gasteiger partial charge in [-0.05, 0) is 47.6 Å². The Morgan fingerprint density at radius 3 is 1.75 bits per heavy atom. The lowest BCUT2D eigenvalue weighted by Gasteiger charge is -2.54. The summed E-state index contributed by atoms with van der Waals surface area (Å²) in [7, 11) is 2.14. The highest BCUT2D eigenvalue weighted by atomic mass is 17.0. The third-order valence-electron chi connectivity index (χ3n) is 4.20. The summed E-state index contributed by atoms with van der Waals surface area (Å²) in [5, 5.41) is 19.3. The molecule has 120 valence electrons. The van der Waals surface area contributed by atoms with Gasteiger partial charge < -0.3 is 10.2 Å². The van der Waals surface area contributed by atoms with Crippen LogP contribution in [-0.4, -0.2) is 70.9 Å². The molecule has 2 N–H and O–H groups in total. The molecule has 1 saturated heterocycles. The molecule has 6 heteroatoms. The van der Waals surface area contributed by atoms with Gasteiger partial charge in [0.25, 0.3) is 0 Å². The molecule has 1 rings (SSSR count). The zero-order valence-electron chi connectivity index (χ0n) is 13.4. The van der Waals surface area contributed by atoms with Crippen LogP contribution in [0.4, 0.5) is 0 Å². The first-order chi connectivity index (χ1) is 9.24. The predicted molar refractivity (Wildman–Crippen MR) is 76.9 cm³/mol. The Labute approximate surface area is 122 Å². The third kappa shape index (κ3) is 4.38. The van der Waals surface area contributed by atoms with Crippen molar-refractivity contribution in [3.63, 3.8) is 0 Å². The summed E-state index contributed by atoms with van der Waals surface area (Å²) >= 11 is 0. The summed E-state index contributed by atoms with van der Waals surface area (Å²) in [5.41, 5.74) is 0.0473. The summed E-state index contributed by atoms with van der Waals surface area (Å²) in [4.78, 5) is 13.4. The van der Waals surface area contributed by atoms with E-state index in [4.69, 9.17) is 19.9 Å². The number of nitrogens with zero attached hydrogens (tertiary/aromatic N) is 2. The van der Waals surface area contributed by atoms with Crippen LogP contribution in [0.25, 0.3) is 0 Å². The van der Waals surface area contributed by atoms with Crippen molar-refractivity contribution in [2.24, 2.45) is 0 Å². The van der Waals surface area contributed by atoms with Gasteiger partial charge >= 0.3 is 0 Å². The quantitative estimate of drug-likeness (QED) is 0.676. The van der Waals surface area contributed by atoms with Crippen LogP contribution < -0.4 is 0 Å². The lowest BCUT2D eigenvalue weighted by Crippen LogP contribution is -2.62. The van der Waals surface area contributed by atoms with Gasteiger partial charge in [-0.3, -0.25) is 14.6 Å². The van der Waals surface area contributed by atoms with Gasteiger partial charge in [-0.15, -0.1) is 0 Å². The molecular weight excluding hydrogens is 260 g/mol. The maximum Gasteiger partial charge on any atom is 0.0942 e. The molecule has 1 aliphatic heterocycles. The molecule has 0 aromatic rings. The zero-order valence-corrected chi connectivity index (χ0v) is 13.4. The van der Waals surface area contributed by atoms with E-state index in [9.17, 15) is 0 Å². The van der Waals surface area contributed by atoms with Crippen molar-refractivity contribution in [1.29, 1.82) is 0 Å². The van der Waals surface area contributed by atoms with Crippen molar-refractivity contribution in [2.45, 2.75) is 57.7 Å². The fraction of sp³-hybridized carbons (Fsp3) is 1.00. The van der Waals surface area contributed by atoms with Crippen molar-refractivity contribution < 1.29 is 19.9 Å². The molecule has 20 heavy (non-hydrogen) atoms. The van der Waals surface area contributed by atoms with Crippen LogP contribution in [0.2, 0.25) is 0 Å². The highest BCUT2D eigenvalue weighted by molar-refractivity contribution is 4.99. The molecule has 0 aliphatic carbocycles. The predicted octanol–water partition coefficient (Wildman–Crippen LogP) is 0.788. The van der Waals surface area contributed by atoms with Crippen molar-refractivity contribution in [1.82, 2.24) is 10.1 Å². The molecule has 0 unspecified atom stereocenters. The molecule has 1 aliphatic rings. The molecule has 1 fully saturated rings. The number of hydrogen-bond acceptors (Lipinski definition) is 6. The molecule has 0 saturated carbocycles. The number of aliphatic hydroxyl groups is 2. The second kappa shape index (κ2) is 7.15. The maximum atomic E-state index is 8.92. The van der Waals surface area contributed by atoms with Gasteiger partial charge in [0.15, 0.2) is 0 Å². The average Bonchev–Trinajstić information content (AvgIpc) is 2.35. The van der Waals surface area contributed by atoms with E-state index in [2.05, 4.69) is 39.6 Å². The van der Waals surface area contributed by atoms with E-state index in [0.29, 0.717) is 0 Å². The Morgan fingerprint density at radius 1 is 1.00 bits per heavy atom. The van der Waals surface area contributed by atoms with Crippen LogP contribution >= 0.6 is 0 Å². The first-order valence-corrected chi connectivity index (χ1v) is 7.25. The number of likely N-dealkylation sites (tertiary alicyclic amines) is 1. The Bertz CT molecular complexity index is 271. The summed E-state index contributed by atoms with van der Waals surface area (Å²) in [6.45, 7) is 9.09. The molecule has 6 nitrogen and oxygen atoms in total. The van der Waals surface area contributed by atoms with Gasteiger partial charge in [-0.1, -0.05) is 5.23 Å². The first kappa shape index (κ1) is 17.8. The lowest BCUT2D eigenvalue weighted by molar-refractivity contribution is -0.399. The van der Waals surface area contributed by atoms with Crippen LogP contribution in [-0.2, 0) is 9.68 Å². The monoisotopic (exact) mass is 290 g/mol. The Kier molecular flexibility index (Phi) is 6.37. The lowest BCUT2D eigenvalue weighted by atomic mass is 9.78. The van der Waals surface area contributed by atoms with Crippen molar-refractivity contribution in [3.05, 3.63) is 0 Å². The smallest absolute Gasteiger partial charge is 0.0942 e. The SMILES string of the molecule is CN1C(C)(C)CC(N(OCCO)OCCO)CC1(C)C. The van der Waals surface area contributed by atoms with E-state index in [0.717, 1.165) is 12.8 Å². The largest absolute Gasteiger partial charge is 0.394 e. The highest BCUT2D eigenvalue weighted by Gasteiger charge is 2.45. The van der Waals surface area contributed by atoms with Gasteiger partial charge in [0, 0.05) is 11.1 Å². The van der Waals surface area contributed by atoms with E-state index in [-0.39, 0.29) is 43.5 Å². The van der Waals surface area contributed by atoms with Gasteiger partial charge in [0.1, 0.15) is 0 Å². The number of rotatable bonds is 7. The van der Waals surface area contributed by atoms with Crippen LogP contribution in [0, 0.1) is 0 Å². The molecular formula is C14H30N2O4. The minimum atomic E-state index is -0.0571. The Hall–Kier alpha value is -0.240. The second-order valence-corrected chi connectivity index (χ2v) is 6.64. The fourth-order valence-electron chi connectivity index (χ4n) is 2.98. The minimum absolute atomic E-state index is 0.0236. The topological polar surface area (TPSA) is 65.4 Å². The molecule has 0 radical (unpaired) electrons. The van der Waals surface area contributed by atoms with Gasteiger partial charge in [-0.2, -0.15) is 0 Å². The average molecular weight is 290 g/mol. The van der Waals surface area contributed by atoms with E-state index >= 15 is 0 Å². The fourth-order valence-corrected chi connectivity index (χ4v) is 2.98. The summed E-state index contributed by atoms with van der Waals surface area (Å²) in [5.74, 6) is 0. The number of piperidine rings is 1. The Morgan fingerprint density at radius 2 is 1.40 bits per heavy atom. The molecule has 0 aromatic carbocycles. The standard InChI is InChI=1S/C14H30N2O4/c1-13(2)10-12(11-14(3,4)15(13)5)16(19-8-6-17)20-9-7-18/h12,17-18H,6-11H2,1-5H3. The summed E-state index contributed by atoms with van der Waals surface area (Å²) < 4.78 is 0. The molecule has 1 heterocycles. The molecule has 0 atom stereocenters. The minimum Gasteiger partial charge on any atom is -0.394 e. The van der Waals surface area contributed by atoms with Crippen LogP contribution in [0.1, 0.15) is 40.5 Å². The van der Waals surface area contributed by atoms with Crippen LogP contribution in [0.15, 0.2) is 0 Å². The number of hydroxylamine groups is 2. The second-order valence-electron chi connectivity index (χ2n) is 6.64. The number of aliphatic hydroxyl groups excluding tert-OH is 2. The van der Waals surface area contributed by atoms with Gasteiger partial charge in [0.2, 0.25) is 0 Å². The summed E-state index contributed by atoms with van der Waals surface area (Å²) in [6.07, 6.45) is 1.79. The normalized spacial score (nSPS) is 23.4. The van der Waals surface area contributed by atoms with E-state index < -0.39 is 0 Å². The van der Waals surface area contributed by atoms with Crippen molar-refractivity contribution >= 4 is 0 Å². The maximum absolute atomic E-state index is 8.92. The van der Waals surface area contributed by atoms with Gasteiger partial charge in [-0.25, -0.2) is 0 Å². The highest BCUT2D eigenvalue weighted by Crippen LogP contribution is 2.38. The van der Waals surface area contributed by atoms with E-state index in [1.165, 1.54) is 5.23 Å². The van der Waals surface area contributed by atoms with Crippen molar-refractivity contribution in [2.75, 3.05) is 33.5 Å². The zero-order chi connectivity index (χ0) is 15.4. The summed E-state index contributed by atoms with van der Waals surface area (Å²) in [6, 6.07) is 0.0919. The van der Waals surface area contributed by atoms with Crippen molar-refractivity contribution in [3.8, 4) is 0 Å². The van der Waals surface area contributed by atoms with Gasteiger partial charge in [0.05, 0.1) is 32.5 Å². The van der Waals surface area contributed by atoms with Crippen LogP contribution in [0.3, 0.4) is 0 Å². The molecule has 0 aromatic heterocycles. The van der Waals surface area contributed by atoms with E-state index in [1.54, 1.807) is 0 Å².